The number of carbonyl (C=O) groups is 5. The van der Waals surface area contributed by atoms with Gasteiger partial charge in [-0.1, -0.05) is 55.3 Å². The van der Waals surface area contributed by atoms with Gasteiger partial charge in [-0.15, -0.1) is 12.1 Å². The maximum Gasteiger partial charge on any atom is 1.00 e. The molecule has 14 rings (SSSR count). The van der Waals surface area contributed by atoms with Crippen LogP contribution in [-0.4, -0.2) is 154 Å². The van der Waals surface area contributed by atoms with E-state index < -0.39 is 57.6 Å². The second-order valence-electron chi connectivity index (χ2n) is 30.2. The molecule has 0 fully saturated rings. The van der Waals surface area contributed by atoms with E-state index >= 15 is 0 Å². The summed E-state index contributed by atoms with van der Waals surface area (Å²) in [6, 6.07) is 39.2. The zero-order valence-corrected chi connectivity index (χ0v) is 84.9. The normalized spacial score (nSPS) is 13.7. The minimum atomic E-state index is -1.22. The van der Waals surface area contributed by atoms with Crippen LogP contribution >= 0.6 is 0 Å². The molecule has 3 aliphatic heterocycles. The fourth-order valence-corrected chi connectivity index (χ4v) is 13.9. The topological polar surface area (TPSA) is 451 Å². The van der Waals surface area contributed by atoms with E-state index in [9.17, 15) is 73.5 Å². The molecule has 0 aliphatic carbocycles. The van der Waals surface area contributed by atoms with Gasteiger partial charge in [0.1, 0.15) is 69.8 Å². The van der Waals surface area contributed by atoms with E-state index in [1.54, 1.807) is 88.1 Å². The summed E-state index contributed by atoms with van der Waals surface area (Å²) >= 11 is 0. The number of carbonyl (C=O) groups excluding carboxylic acids is 4. The molecule has 0 saturated carbocycles. The summed E-state index contributed by atoms with van der Waals surface area (Å²) in [7, 11) is 0. The Morgan fingerprint density at radius 1 is 0.419 bits per heavy atom. The average Bonchev–Trinajstić information content (AvgIpc) is 1.77. The van der Waals surface area contributed by atoms with Crippen molar-refractivity contribution >= 4 is 29.8 Å². The Hall–Kier alpha value is -10.5. The van der Waals surface area contributed by atoms with Gasteiger partial charge < -0.3 is 102 Å². The number of fused-ring (bicyclic) bond motifs is 9. The van der Waals surface area contributed by atoms with E-state index in [1.807, 2.05) is 119 Å². The van der Waals surface area contributed by atoms with Gasteiger partial charge in [-0.05, 0) is 142 Å². The van der Waals surface area contributed by atoms with Gasteiger partial charge in [-0.2, -0.15) is 35.4 Å². The summed E-state index contributed by atoms with van der Waals surface area (Å²) < 4.78 is 52.1. The van der Waals surface area contributed by atoms with Crippen molar-refractivity contribution in [3.63, 3.8) is 0 Å². The van der Waals surface area contributed by atoms with Crippen LogP contribution in [0, 0.1) is 53.7 Å². The van der Waals surface area contributed by atoms with E-state index in [0.29, 0.717) is 94.5 Å². The summed E-state index contributed by atoms with van der Waals surface area (Å²) in [5.74, 6) is -1.53. The number of aromatic nitrogens is 5. The van der Waals surface area contributed by atoms with E-state index in [-0.39, 0.29) is 242 Å². The zero-order valence-electron chi connectivity index (χ0n) is 75.1. The van der Waals surface area contributed by atoms with Crippen LogP contribution in [0.2, 0.25) is 0 Å². The number of aliphatic hydroxyl groups excluding tert-OH is 2. The smallest absolute Gasteiger partial charge is 0.870 e. The number of phenolic OH excluding ortho intramolecular Hbond substituents is 3. The van der Waals surface area contributed by atoms with Crippen LogP contribution in [0.1, 0.15) is 183 Å². The summed E-state index contributed by atoms with van der Waals surface area (Å²) in [5, 5.41) is 58.2. The fraction of sp³-hybridized carbons (Fsp3) is 0.312. The first kappa shape index (κ1) is 107. The number of phenols is 3. The Labute approximate surface area is 842 Å². The van der Waals surface area contributed by atoms with Gasteiger partial charge in [-0.3, -0.25) is 24.0 Å². The Balaban J connectivity index is 0.000000248. The number of esters is 4. The van der Waals surface area contributed by atoms with Crippen molar-refractivity contribution in [2.24, 2.45) is 0 Å². The molecule has 0 unspecified atom stereocenters. The molecule has 6 aromatic carbocycles. The zero-order chi connectivity index (χ0) is 91.1. The van der Waals surface area contributed by atoms with Gasteiger partial charge in [-0.25, -0.2) is 24.0 Å². The number of pyridine rings is 5. The Morgan fingerprint density at radius 3 is 1.15 bits per heavy atom. The summed E-state index contributed by atoms with van der Waals surface area (Å²) in [4.78, 5) is 121. The van der Waals surface area contributed by atoms with Gasteiger partial charge >= 0.3 is 146 Å². The molecule has 31 nitrogen and oxygen atoms in total. The number of aliphatic hydroxyl groups is 2. The fourth-order valence-electron chi connectivity index (χ4n) is 13.9. The number of aromatic carboxylic acids is 1. The monoisotopic (exact) mass is 1910 g/mol. The van der Waals surface area contributed by atoms with E-state index in [0.717, 1.165) is 50.2 Å². The molecule has 0 amide bonds. The van der Waals surface area contributed by atoms with Crippen LogP contribution in [0.4, 0.5) is 0 Å². The van der Waals surface area contributed by atoms with Crippen molar-refractivity contribution in [1.29, 1.82) is 0 Å². The summed E-state index contributed by atoms with van der Waals surface area (Å²) in [6.07, 6.45) is 7.28. The Kier molecular flexibility index (Phi) is 40.2. The first-order chi connectivity index (χ1) is 59.5. The molecule has 3 aliphatic rings. The number of hydrogen-bond acceptors (Lipinski definition) is 25. The molecule has 0 radical (unpaired) electrons. The van der Waals surface area contributed by atoms with Crippen molar-refractivity contribution in [3.8, 4) is 96.5 Å². The summed E-state index contributed by atoms with van der Waals surface area (Å²) in [6.45, 7) is 29.3. The van der Waals surface area contributed by atoms with Crippen molar-refractivity contribution in [2.75, 3.05) is 59.5 Å². The Bertz CT molecular complexity index is 6230. The first-order valence-corrected chi connectivity index (χ1v) is 40.6. The number of carboxylic acids is 1. The summed E-state index contributed by atoms with van der Waals surface area (Å²) in [5.41, 5.74) is 9.85. The van der Waals surface area contributed by atoms with Crippen LogP contribution in [0.3, 0.4) is 0 Å². The van der Waals surface area contributed by atoms with Gasteiger partial charge in [0.2, 0.25) is 0 Å². The van der Waals surface area contributed by atoms with E-state index in [4.69, 9.17) is 43.0 Å². The third-order valence-electron chi connectivity index (χ3n) is 20.9. The van der Waals surface area contributed by atoms with E-state index in [1.165, 1.54) is 71.8 Å². The number of aromatic hydroxyl groups is 3. The van der Waals surface area contributed by atoms with E-state index in [2.05, 4.69) is 12.1 Å². The molecule has 8 N–H and O–H groups in total. The Morgan fingerprint density at radius 2 is 0.752 bits per heavy atom. The first-order valence-electron chi connectivity index (χ1n) is 40.6. The second kappa shape index (κ2) is 48.4. The average molecular weight is 1910 g/mol. The van der Waals surface area contributed by atoms with Crippen LogP contribution in [0.15, 0.2) is 176 Å². The minimum absolute atomic E-state index is 0. The molecule has 5 atom stereocenters. The number of ether oxygens (including phenoxy) is 8. The SMILES string of the molecule is CCOC(=O)c1cn([C@H](C)CO)c(-c2cc(C)c(C)cc2OCc2ccccc2)cc1=O.CCOC(=O)c1cn([C@H](C)CO)c(-c2cc(C)c(O)cc2O)cc1=O.CCOC(=O)c1cn2c(cc1=O)-c1cc(C)[c-]cc1OC[C@H]2C.CCOC(=O)c1cn2c(cc1=O)-c1cc(C)c(O)cc1OC[C@H]2C.Cc1[c-]cc2c(c1)-c1cc(=O)c(C(=O)O)cn1[C@H](C)CO2.[OH-].[OH-].[Rb+].[Rb+]. The van der Waals surface area contributed by atoms with Gasteiger partial charge in [0.15, 0.2) is 27.1 Å². The van der Waals surface area contributed by atoms with Crippen molar-refractivity contribution in [1.82, 2.24) is 22.8 Å². The standard InChI is InChI=1S/C26H29NO5.C18H21NO6.C18H19NO5.C18H18NO4.C16H14NO4.2H2O.2Rb/c1-5-31-26(30)22-14-27(19(4)15-28)23(13-24(22)29)21-11-17(2)18(3)12-25(21)32-16-20-9-7-6-8-10-20;1-4-25-18(24)13-8-19(11(3)9-20)14(6-16(13)22)12-5-10(2)15(21)7-17(12)23;1-4-23-18(22)13-8-19-11(3)9-24-17-7-15(20)10(2)5-12(17)14(19)6-16(13)21;1-4-22-18(21)14-9-19-12(3)10-23-17-6-5-11(2)7-13(17)15(19)8-16(14)20;1-9-3-4-15-11(5-9)13-6-14(18)12(16(19)20)7-17(13)10(2)8-21-15;;;;/h6-14,19,28H,5,15-16H2,1-4H3;5-8,11,20-21,23H,4,9H2,1-3H3;5-8,11,20H,4,9H2,1-3H3;6-9,12H,4,10H2,1-3H3;4-7,10H,8H2,1-2H3,(H,19,20);2*1H2;;/q;;;2*-1;;;2*+1/p-2/t19-;2*11-;12-;10-;;;;/m11111..../s1. The van der Waals surface area contributed by atoms with Crippen molar-refractivity contribution < 1.29 is 220 Å². The predicted molar refractivity (Wildman–Crippen MR) is 471 cm³/mol. The largest absolute Gasteiger partial charge is 1.00 e. The van der Waals surface area contributed by atoms with Gasteiger partial charge in [0, 0.05) is 113 Å². The molecule has 5 aromatic heterocycles. The van der Waals surface area contributed by atoms with Gasteiger partial charge in [0.25, 0.3) is 0 Å². The van der Waals surface area contributed by atoms with Crippen molar-refractivity contribution in [3.05, 3.63) is 282 Å². The third kappa shape index (κ3) is 25.6. The van der Waals surface area contributed by atoms with Gasteiger partial charge in [0.05, 0.1) is 100 Å². The number of hydrogen-bond donors (Lipinski definition) is 6. The molecular weight excluding hydrogens is 1810 g/mol. The molecule has 8 heterocycles. The number of carboxylic acid groups (broad SMARTS) is 1. The molecule has 672 valence electrons. The number of aryl methyl sites for hydroxylation is 6. The van der Waals surface area contributed by atoms with Crippen LogP contribution in [-0.2, 0) is 25.6 Å². The third-order valence-corrected chi connectivity index (χ3v) is 20.9. The molecule has 0 spiro atoms. The molecule has 33 heteroatoms. The number of benzene rings is 6. The maximum absolute atomic E-state index is 12.8. The van der Waals surface area contributed by atoms with Crippen molar-refractivity contribution in [2.45, 2.75) is 141 Å². The molecule has 11 aromatic rings. The quantitative estimate of drug-likeness (QED) is 0.0271. The number of rotatable bonds is 18. The molecule has 0 saturated heterocycles. The van der Waals surface area contributed by atoms with Crippen LogP contribution in [0.5, 0.6) is 40.2 Å². The van der Waals surface area contributed by atoms with Crippen LogP contribution < -0.4 is 162 Å². The minimum Gasteiger partial charge on any atom is -0.870 e. The molecular formula is C96H103N5O26Rb2-2. The second-order valence-corrected chi connectivity index (χ2v) is 30.2. The van der Waals surface area contributed by atoms with Crippen LogP contribution in [0.25, 0.3) is 56.3 Å². The molecule has 0 bridgehead atoms. The molecule has 129 heavy (non-hydrogen) atoms. The number of nitrogens with zero attached hydrogens (tertiary/aromatic N) is 5. The predicted octanol–water partition coefficient (Wildman–Crippen LogP) is 7.75. The maximum atomic E-state index is 12.8.